The van der Waals surface area contributed by atoms with Crippen LogP contribution in [0.2, 0.25) is 0 Å². The SMILES string of the molecule is CCOc1ccc(/C=C/C(=O)NCC2COc3ccccc3O2)cc1. The number of carbonyl (C=O) groups excluding carboxylic acids is 1. The lowest BCUT2D eigenvalue weighted by atomic mass is 10.2. The van der Waals surface area contributed by atoms with Crippen LogP contribution in [0, 0.1) is 0 Å². The summed E-state index contributed by atoms with van der Waals surface area (Å²) in [6, 6.07) is 15.1. The van der Waals surface area contributed by atoms with Crippen molar-refractivity contribution in [1.82, 2.24) is 5.32 Å². The molecule has 1 amide bonds. The first-order chi connectivity index (χ1) is 12.2. The van der Waals surface area contributed by atoms with Gasteiger partial charge < -0.3 is 19.5 Å². The van der Waals surface area contributed by atoms with E-state index < -0.39 is 0 Å². The summed E-state index contributed by atoms with van der Waals surface area (Å²) in [4.78, 5) is 12.0. The van der Waals surface area contributed by atoms with Gasteiger partial charge in [0, 0.05) is 6.08 Å². The quantitative estimate of drug-likeness (QED) is 0.822. The molecule has 130 valence electrons. The molecule has 1 unspecified atom stereocenters. The van der Waals surface area contributed by atoms with Gasteiger partial charge in [-0.2, -0.15) is 0 Å². The minimum absolute atomic E-state index is 0.170. The first-order valence-corrected chi connectivity index (χ1v) is 8.32. The maximum absolute atomic E-state index is 12.0. The number of carbonyl (C=O) groups is 1. The van der Waals surface area contributed by atoms with Crippen LogP contribution >= 0.6 is 0 Å². The highest BCUT2D eigenvalue weighted by atomic mass is 16.6. The van der Waals surface area contributed by atoms with E-state index in [-0.39, 0.29) is 12.0 Å². The minimum Gasteiger partial charge on any atom is -0.494 e. The summed E-state index contributed by atoms with van der Waals surface area (Å²) in [6.45, 7) is 3.38. The zero-order chi connectivity index (χ0) is 17.5. The molecule has 1 atom stereocenters. The van der Waals surface area contributed by atoms with Crippen molar-refractivity contribution in [3.05, 3.63) is 60.2 Å². The van der Waals surface area contributed by atoms with Crippen molar-refractivity contribution in [3.8, 4) is 17.2 Å². The van der Waals surface area contributed by atoms with Gasteiger partial charge in [0.2, 0.25) is 5.91 Å². The molecular formula is C20H21NO4. The second kappa shape index (κ2) is 8.24. The average Bonchev–Trinajstić information content (AvgIpc) is 2.66. The number of hydrogen-bond acceptors (Lipinski definition) is 4. The van der Waals surface area contributed by atoms with Crippen LogP contribution in [-0.2, 0) is 4.79 Å². The fraction of sp³-hybridized carbons (Fsp3) is 0.250. The maximum atomic E-state index is 12.0. The van der Waals surface area contributed by atoms with Gasteiger partial charge in [0.15, 0.2) is 11.5 Å². The van der Waals surface area contributed by atoms with E-state index in [4.69, 9.17) is 14.2 Å². The largest absolute Gasteiger partial charge is 0.494 e. The van der Waals surface area contributed by atoms with Gasteiger partial charge in [-0.1, -0.05) is 24.3 Å². The number of nitrogens with one attached hydrogen (secondary N) is 1. The van der Waals surface area contributed by atoms with Crippen molar-refractivity contribution < 1.29 is 19.0 Å². The summed E-state index contributed by atoms with van der Waals surface area (Å²) in [5.74, 6) is 2.09. The Morgan fingerprint density at radius 2 is 1.96 bits per heavy atom. The number of rotatable bonds is 6. The van der Waals surface area contributed by atoms with E-state index in [1.165, 1.54) is 6.08 Å². The Labute approximate surface area is 147 Å². The fourth-order valence-electron chi connectivity index (χ4n) is 2.45. The molecule has 0 fully saturated rings. The zero-order valence-electron chi connectivity index (χ0n) is 14.1. The Bertz CT molecular complexity index is 740. The standard InChI is InChI=1S/C20H21NO4/c1-2-23-16-10-7-15(8-11-16)9-12-20(22)21-13-17-14-24-18-5-3-4-6-19(18)25-17/h3-12,17H,2,13-14H2,1H3,(H,21,22)/b12-9+. The average molecular weight is 339 g/mol. The molecule has 5 nitrogen and oxygen atoms in total. The number of ether oxygens (including phenoxy) is 3. The number of amides is 1. The molecule has 5 heteroatoms. The number of hydrogen-bond donors (Lipinski definition) is 1. The van der Waals surface area contributed by atoms with Crippen molar-refractivity contribution in [1.29, 1.82) is 0 Å². The molecule has 2 aromatic rings. The van der Waals surface area contributed by atoms with Crippen LogP contribution < -0.4 is 19.5 Å². The van der Waals surface area contributed by atoms with Crippen LogP contribution in [0.3, 0.4) is 0 Å². The van der Waals surface area contributed by atoms with E-state index in [1.54, 1.807) is 6.08 Å². The molecule has 1 aliphatic rings. The van der Waals surface area contributed by atoms with Gasteiger partial charge >= 0.3 is 0 Å². The highest BCUT2D eigenvalue weighted by molar-refractivity contribution is 5.91. The number of benzene rings is 2. The minimum atomic E-state index is -0.197. The summed E-state index contributed by atoms with van der Waals surface area (Å²) in [5.41, 5.74) is 0.935. The van der Waals surface area contributed by atoms with Gasteiger partial charge in [-0.05, 0) is 42.8 Å². The van der Waals surface area contributed by atoms with Crippen LogP contribution in [0.4, 0.5) is 0 Å². The first-order valence-electron chi connectivity index (χ1n) is 8.32. The molecule has 25 heavy (non-hydrogen) atoms. The first kappa shape index (κ1) is 16.9. The summed E-state index contributed by atoms with van der Waals surface area (Å²) < 4.78 is 16.8. The molecule has 0 saturated heterocycles. The lowest BCUT2D eigenvalue weighted by Crippen LogP contribution is -2.40. The van der Waals surface area contributed by atoms with E-state index in [1.807, 2.05) is 55.5 Å². The molecular weight excluding hydrogens is 318 g/mol. The summed E-state index contributed by atoms with van der Waals surface area (Å²) in [5, 5.41) is 2.83. The molecule has 1 aliphatic heterocycles. The topological polar surface area (TPSA) is 56.8 Å². The van der Waals surface area contributed by atoms with Gasteiger partial charge in [0.25, 0.3) is 0 Å². The van der Waals surface area contributed by atoms with E-state index >= 15 is 0 Å². The van der Waals surface area contributed by atoms with Crippen molar-refractivity contribution in [2.45, 2.75) is 13.0 Å². The van der Waals surface area contributed by atoms with Gasteiger partial charge in [-0.15, -0.1) is 0 Å². The smallest absolute Gasteiger partial charge is 0.244 e. The van der Waals surface area contributed by atoms with Crippen LogP contribution in [0.25, 0.3) is 6.08 Å². The summed E-state index contributed by atoms with van der Waals surface area (Å²) >= 11 is 0. The van der Waals surface area contributed by atoms with E-state index in [2.05, 4.69) is 5.32 Å². The third-order valence-corrected chi connectivity index (χ3v) is 3.69. The second-order valence-corrected chi connectivity index (χ2v) is 5.58. The molecule has 2 aromatic carbocycles. The molecule has 0 spiro atoms. The Balaban J connectivity index is 1.46. The lowest BCUT2D eigenvalue weighted by Gasteiger charge is -2.26. The normalized spacial score (nSPS) is 15.8. The third-order valence-electron chi connectivity index (χ3n) is 3.69. The Hall–Kier alpha value is -2.95. The second-order valence-electron chi connectivity index (χ2n) is 5.58. The molecule has 0 bridgehead atoms. The lowest BCUT2D eigenvalue weighted by molar-refractivity contribution is -0.116. The molecule has 0 aromatic heterocycles. The fourth-order valence-corrected chi connectivity index (χ4v) is 2.45. The van der Waals surface area contributed by atoms with Crippen LogP contribution in [0.5, 0.6) is 17.2 Å². The molecule has 1 heterocycles. The third kappa shape index (κ3) is 4.76. The van der Waals surface area contributed by atoms with Crippen LogP contribution in [0.15, 0.2) is 54.6 Å². The van der Waals surface area contributed by atoms with Gasteiger partial charge in [0.05, 0.1) is 13.2 Å². The molecule has 0 radical (unpaired) electrons. The predicted octanol–water partition coefficient (Wildman–Crippen LogP) is 3.05. The monoisotopic (exact) mass is 339 g/mol. The highest BCUT2D eigenvalue weighted by Gasteiger charge is 2.20. The van der Waals surface area contributed by atoms with Crippen molar-refractivity contribution in [2.24, 2.45) is 0 Å². The number of fused-ring (bicyclic) bond motifs is 1. The number of para-hydroxylation sites is 2. The molecule has 1 N–H and O–H groups in total. The molecule has 0 saturated carbocycles. The maximum Gasteiger partial charge on any atom is 0.244 e. The Morgan fingerprint density at radius 1 is 1.20 bits per heavy atom. The van der Waals surface area contributed by atoms with Gasteiger partial charge in [-0.3, -0.25) is 4.79 Å². The Kier molecular flexibility index (Phi) is 5.57. The van der Waals surface area contributed by atoms with Crippen molar-refractivity contribution in [3.63, 3.8) is 0 Å². The zero-order valence-corrected chi connectivity index (χ0v) is 14.1. The highest BCUT2D eigenvalue weighted by Crippen LogP contribution is 2.30. The Morgan fingerprint density at radius 3 is 2.72 bits per heavy atom. The van der Waals surface area contributed by atoms with Crippen LogP contribution in [-0.4, -0.2) is 31.8 Å². The molecule has 3 rings (SSSR count). The summed E-state index contributed by atoms with van der Waals surface area (Å²) in [6.07, 6.45) is 3.07. The predicted molar refractivity (Wildman–Crippen MR) is 96.0 cm³/mol. The van der Waals surface area contributed by atoms with Gasteiger partial charge in [-0.25, -0.2) is 0 Å². The van der Waals surface area contributed by atoms with E-state index in [9.17, 15) is 4.79 Å². The summed E-state index contributed by atoms with van der Waals surface area (Å²) in [7, 11) is 0. The van der Waals surface area contributed by atoms with Gasteiger partial charge in [0.1, 0.15) is 18.5 Å². The van der Waals surface area contributed by atoms with Crippen LogP contribution in [0.1, 0.15) is 12.5 Å². The van der Waals surface area contributed by atoms with Crippen molar-refractivity contribution in [2.75, 3.05) is 19.8 Å². The van der Waals surface area contributed by atoms with E-state index in [0.717, 1.165) is 17.1 Å². The van der Waals surface area contributed by atoms with E-state index in [0.29, 0.717) is 25.5 Å². The molecule has 0 aliphatic carbocycles. The van der Waals surface area contributed by atoms with Crippen molar-refractivity contribution >= 4 is 12.0 Å².